The Labute approximate surface area is 103 Å². The maximum Gasteiger partial charge on any atom is 0.213 e. The molecule has 2 aromatic heterocycles. The van der Waals surface area contributed by atoms with Gasteiger partial charge in [-0.15, -0.1) is 0 Å². The molecule has 0 fully saturated rings. The third-order valence-corrected chi connectivity index (χ3v) is 2.11. The van der Waals surface area contributed by atoms with Gasteiger partial charge >= 0.3 is 0 Å². The van der Waals surface area contributed by atoms with E-state index in [1.54, 1.807) is 29.1 Å². The van der Waals surface area contributed by atoms with Crippen LogP contribution in [0.3, 0.4) is 0 Å². The van der Waals surface area contributed by atoms with Crippen molar-refractivity contribution in [1.29, 1.82) is 0 Å². The molecule has 86 valence electrons. The summed E-state index contributed by atoms with van der Waals surface area (Å²) in [5.74, 6) is 0.0658. The predicted molar refractivity (Wildman–Crippen MR) is 67.3 cm³/mol. The number of halogens is 1. The second-order valence-electron chi connectivity index (χ2n) is 3.24. The highest BCUT2D eigenvalue weighted by molar-refractivity contribution is 7.80. The molecule has 0 spiro atoms. The first-order valence-electron chi connectivity index (χ1n) is 4.90. The summed E-state index contributed by atoms with van der Waals surface area (Å²) in [4.78, 5) is 7.74. The Kier molecular flexibility index (Phi) is 3.66. The first-order chi connectivity index (χ1) is 8.28. The molecule has 0 atom stereocenters. The van der Waals surface area contributed by atoms with Crippen molar-refractivity contribution in [2.45, 2.75) is 6.54 Å². The van der Waals surface area contributed by atoms with E-state index in [9.17, 15) is 4.39 Å². The molecule has 0 bridgehead atoms. The molecule has 6 heteroatoms. The molecule has 2 heterocycles. The average Bonchev–Trinajstić information content (AvgIpc) is 2.74. The normalized spacial score (nSPS) is 10.9. The summed E-state index contributed by atoms with van der Waals surface area (Å²) in [6, 6.07) is 6.41. The summed E-state index contributed by atoms with van der Waals surface area (Å²) < 4.78 is 14.5. The van der Waals surface area contributed by atoms with E-state index in [1.807, 2.05) is 0 Å². The SMILES string of the molecule is Fc1cccc(Cn2ccc(N=CC=S)n2)n1. The van der Waals surface area contributed by atoms with Crippen LogP contribution in [-0.2, 0) is 6.54 Å². The number of aliphatic imine (C=N–C) groups is 1. The smallest absolute Gasteiger partial charge is 0.213 e. The van der Waals surface area contributed by atoms with Crippen LogP contribution in [0, 0.1) is 5.95 Å². The molecule has 0 radical (unpaired) electrons. The molecule has 0 aliphatic heterocycles. The second kappa shape index (κ2) is 5.40. The minimum Gasteiger partial charge on any atom is -0.265 e. The Morgan fingerprint density at radius 1 is 1.41 bits per heavy atom. The summed E-state index contributed by atoms with van der Waals surface area (Å²) in [5, 5.41) is 5.57. The van der Waals surface area contributed by atoms with E-state index in [0.717, 1.165) is 0 Å². The van der Waals surface area contributed by atoms with Gasteiger partial charge in [0.05, 0.1) is 12.2 Å². The van der Waals surface area contributed by atoms with E-state index < -0.39 is 5.95 Å². The third-order valence-electron chi connectivity index (χ3n) is 1.99. The highest BCUT2D eigenvalue weighted by Crippen LogP contribution is 2.07. The zero-order valence-electron chi connectivity index (χ0n) is 8.82. The number of rotatable bonds is 4. The van der Waals surface area contributed by atoms with Crippen LogP contribution in [0.2, 0.25) is 0 Å². The van der Waals surface area contributed by atoms with E-state index in [1.165, 1.54) is 17.6 Å². The lowest BCUT2D eigenvalue weighted by Crippen LogP contribution is -2.02. The van der Waals surface area contributed by atoms with Crippen molar-refractivity contribution in [1.82, 2.24) is 14.8 Å². The highest BCUT2D eigenvalue weighted by Gasteiger charge is 2.00. The lowest BCUT2D eigenvalue weighted by atomic mass is 10.3. The van der Waals surface area contributed by atoms with E-state index in [2.05, 4.69) is 27.3 Å². The monoisotopic (exact) mass is 248 g/mol. The summed E-state index contributed by atoms with van der Waals surface area (Å²) in [6.45, 7) is 0.408. The number of nitrogens with zero attached hydrogens (tertiary/aromatic N) is 4. The molecule has 0 amide bonds. The van der Waals surface area contributed by atoms with Crippen LogP contribution >= 0.6 is 12.2 Å². The largest absolute Gasteiger partial charge is 0.265 e. The van der Waals surface area contributed by atoms with Crippen molar-refractivity contribution in [3.63, 3.8) is 0 Å². The Bertz CT molecular complexity index is 550. The number of hydrogen-bond donors (Lipinski definition) is 0. The Hall–Kier alpha value is -1.95. The van der Waals surface area contributed by atoms with Crippen LogP contribution in [0.1, 0.15) is 5.69 Å². The minimum absolute atomic E-state index is 0.408. The first kappa shape index (κ1) is 11.5. The van der Waals surface area contributed by atoms with Gasteiger partial charge in [0.25, 0.3) is 0 Å². The molecule has 2 rings (SSSR count). The van der Waals surface area contributed by atoms with Crippen LogP contribution in [-0.4, -0.2) is 26.3 Å². The number of pyridine rings is 1. The van der Waals surface area contributed by atoms with Gasteiger partial charge in [-0.2, -0.15) is 9.49 Å². The fourth-order valence-electron chi connectivity index (χ4n) is 1.32. The summed E-state index contributed by atoms with van der Waals surface area (Å²) in [5.41, 5.74) is 0.610. The van der Waals surface area contributed by atoms with Gasteiger partial charge in [0.15, 0.2) is 5.82 Å². The molecule has 0 aliphatic rings. The van der Waals surface area contributed by atoms with Crippen molar-refractivity contribution in [2.75, 3.05) is 0 Å². The highest BCUT2D eigenvalue weighted by atomic mass is 32.1. The molecule has 2 aromatic rings. The molecular formula is C11H9FN4S. The van der Waals surface area contributed by atoms with Crippen LogP contribution < -0.4 is 0 Å². The summed E-state index contributed by atoms with van der Waals surface area (Å²) in [7, 11) is 0. The molecule has 0 aliphatic carbocycles. The molecule has 0 aromatic carbocycles. The molecule has 0 saturated carbocycles. The van der Waals surface area contributed by atoms with Gasteiger partial charge in [0.2, 0.25) is 5.95 Å². The fraction of sp³-hybridized carbons (Fsp3) is 0.0909. The van der Waals surface area contributed by atoms with Crippen molar-refractivity contribution < 1.29 is 4.39 Å². The van der Waals surface area contributed by atoms with Crippen molar-refractivity contribution in [3.8, 4) is 0 Å². The first-order valence-corrected chi connectivity index (χ1v) is 5.38. The maximum absolute atomic E-state index is 12.9. The quantitative estimate of drug-likeness (QED) is 0.473. The Morgan fingerprint density at radius 3 is 3.06 bits per heavy atom. The average molecular weight is 248 g/mol. The Balaban J connectivity index is 2.11. The van der Waals surface area contributed by atoms with E-state index in [4.69, 9.17) is 0 Å². The standard InChI is InChI=1S/C11H9FN4S/c12-10-3-1-2-9(14-10)8-16-6-4-11(15-16)13-5-7-17/h1-7H,8H2. The number of aromatic nitrogens is 3. The van der Waals surface area contributed by atoms with Gasteiger partial charge in [-0.25, -0.2) is 9.98 Å². The lowest BCUT2D eigenvalue weighted by molar-refractivity contribution is 0.567. The number of thiocarbonyl (C=S) groups is 1. The molecular weight excluding hydrogens is 239 g/mol. The van der Waals surface area contributed by atoms with Gasteiger partial charge < -0.3 is 0 Å². The van der Waals surface area contributed by atoms with Crippen molar-refractivity contribution in [3.05, 3.63) is 42.1 Å². The second-order valence-corrected chi connectivity index (χ2v) is 3.51. The Morgan fingerprint density at radius 2 is 2.29 bits per heavy atom. The lowest BCUT2D eigenvalue weighted by Gasteiger charge is -2.00. The van der Waals surface area contributed by atoms with E-state index in [-0.39, 0.29) is 0 Å². The molecule has 0 unspecified atom stereocenters. The molecule has 0 N–H and O–H groups in total. The fourth-order valence-corrected chi connectivity index (χ4v) is 1.38. The van der Waals surface area contributed by atoms with E-state index in [0.29, 0.717) is 18.1 Å². The zero-order chi connectivity index (χ0) is 12.1. The summed E-state index contributed by atoms with van der Waals surface area (Å²) in [6.07, 6.45) is 3.24. The van der Waals surface area contributed by atoms with Crippen LogP contribution in [0.15, 0.2) is 35.5 Å². The van der Waals surface area contributed by atoms with E-state index >= 15 is 0 Å². The van der Waals surface area contributed by atoms with Gasteiger partial charge in [-0.1, -0.05) is 18.3 Å². The van der Waals surface area contributed by atoms with Crippen LogP contribution in [0.25, 0.3) is 0 Å². The molecule has 17 heavy (non-hydrogen) atoms. The third kappa shape index (κ3) is 3.25. The van der Waals surface area contributed by atoms with Crippen LogP contribution in [0.5, 0.6) is 0 Å². The molecule has 0 saturated heterocycles. The van der Waals surface area contributed by atoms with Crippen molar-refractivity contribution in [2.24, 2.45) is 4.99 Å². The van der Waals surface area contributed by atoms with Gasteiger partial charge in [-0.3, -0.25) is 4.68 Å². The van der Waals surface area contributed by atoms with Crippen LogP contribution in [0.4, 0.5) is 10.2 Å². The minimum atomic E-state index is -0.492. The topological polar surface area (TPSA) is 43.1 Å². The summed E-state index contributed by atoms with van der Waals surface area (Å²) >= 11 is 4.62. The maximum atomic E-state index is 12.9. The predicted octanol–water partition coefficient (Wildman–Crippen LogP) is 2.17. The van der Waals surface area contributed by atoms with Gasteiger partial charge in [0, 0.05) is 23.8 Å². The van der Waals surface area contributed by atoms with Gasteiger partial charge in [-0.05, 0) is 12.1 Å². The molecule has 4 nitrogen and oxygen atoms in total. The number of hydrogen-bond acceptors (Lipinski definition) is 4. The zero-order valence-corrected chi connectivity index (χ0v) is 9.64. The van der Waals surface area contributed by atoms with Gasteiger partial charge in [0.1, 0.15) is 0 Å². The van der Waals surface area contributed by atoms with Crippen molar-refractivity contribution >= 4 is 29.6 Å².